The van der Waals surface area contributed by atoms with Crippen LogP contribution in [0.3, 0.4) is 0 Å². The van der Waals surface area contributed by atoms with Crippen molar-refractivity contribution in [2.24, 2.45) is 23.5 Å². The predicted octanol–water partition coefficient (Wildman–Crippen LogP) is 2.43. The standard InChI is InChI=1S/C14H26N2O.ClH/c1-10(2)12-6-7-16(9-12)14(17)11-4-3-5-13(15)8-11;/h10-13H,3-9,15H2,1-2H3;1H. The minimum atomic E-state index is 0. The minimum Gasteiger partial charge on any atom is -0.342 e. The van der Waals surface area contributed by atoms with E-state index < -0.39 is 0 Å². The summed E-state index contributed by atoms with van der Waals surface area (Å²) in [5, 5.41) is 0. The SMILES string of the molecule is CC(C)C1CCN(C(=O)C2CCCC(N)C2)C1.Cl. The van der Waals surface area contributed by atoms with Gasteiger partial charge in [-0.1, -0.05) is 20.3 Å². The Hall–Kier alpha value is -0.280. The number of nitrogens with two attached hydrogens (primary N) is 1. The fourth-order valence-electron chi connectivity index (χ4n) is 3.24. The molecule has 2 aliphatic rings. The molecule has 0 aromatic heterocycles. The number of hydrogen-bond acceptors (Lipinski definition) is 2. The molecule has 1 aliphatic heterocycles. The van der Waals surface area contributed by atoms with E-state index in [1.807, 2.05) is 0 Å². The molecule has 2 rings (SSSR count). The molecular formula is C14H27ClN2O. The first-order valence-electron chi connectivity index (χ1n) is 7.12. The van der Waals surface area contributed by atoms with Crippen LogP contribution in [0, 0.1) is 17.8 Å². The molecule has 2 N–H and O–H groups in total. The van der Waals surface area contributed by atoms with Gasteiger partial charge >= 0.3 is 0 Å². The van der Waals surface area contributed by atoms with E-state index in [1.54, 1.807) is 0 Å². The van der Waals surface area contributed by atoms with E-state index in [9.17, 15) is 4.79 Å². The molecule has 1 aliphatic carbocycles. The number of likely N-dealkylation sites (tertiary alicyclic amines) is 1. The zero-order chi connectivity index (χ0) is 12.4. The van der Waals surface area contributed by atoms with Crippen molar-refractivity contribution in [3.05, 3.63) is 0 Å². The van der Waals surface area contributed by atoms with Gasteiger partial charge in [-0.05, 0) is 37.5 Å². The van der Waals surface area contributed by atoms with E-state index in [0.717, 1.165) is 38.8 Å². The van der Waals surface area contributed by atoms with Crippen LogP contribution in [0.4, 0.5) is 0 Å². The second-order valence-electron chi connectivity index (χ2n) is 6.20. The first kappa shape index (κ1) is 15.8. The summed E-state index contributed by atoms with van der Waals surface area (Å²) >= 11 is 0. The molecule has 3 nitrogen and oxygen atoms in total. The van der Waals surface area contributed by atoms with E-state index >= 15 is 0 Å². The molecule has 4 heteroatoms. The largest absolute Gasteiger partial charge is 0.342 e. The molecule has 1 amide bonds. The summed E-state index contributed by atoms with van der Waals surface area (Å²) in [6.45, 7) is 6.46. The van der Waals surface area contributed by atoms with Crippen LogP contribution in [0.2, 0.25) is 0 Å². The molecule has 2 fully saturated rings. The second kappa shape index (κ2) is 6.76. The van der Waals surface area contributed by atoms with Crippen LogP contribution in [0.1, 0.15) is 46.0 Å². The summed E-state index contributed by atoms with van der Waals surface area (Å²) < 4.78 is 0. The van der Waals surface area contributed by atoms with Crippen LogP contribution in [-0.2, 0) is 4.79 Å². The topological polar surface area (TPSA) is 46.3 Å². The van der Waals surface area contributed by atoms with E-state index in [1.165, 1.54) is 6.42 Å². The van der Waals surface area contributed by atoms with Gasteiger partial charge in [-0.3, -0.25) is 4.79 Å². The molecule has 0 spiro atoms. The molecule has 106 valence electrons. The summed E-state index contributed by atoms with van der Waals surface area (Å²) in [7, 11) is 0. The van der Waals surface area contributed by atoms with Crippen molar-refractivity contribution in [3.63, 3.8) is 0 Å². The maximum absolute atomic E-state index is 12.4. The maximum Gasteiger partial charge on any atom is 0.225 e. The third kappa shape index (κ3) is 3.61. The quantitative estimate of drug-likeness (QED) is 0.841. The summed E-state index contributed by atoms with van der Waals surface area (Å²) in [6, 6.07) is 0.251. The first-order valence-corrected chi connectivity index (χ1v) is 7.12. The van der Waals surface area contributed by atoms with Crippen LogP contribution in [0.15, 0.2) is 0 Å². The van der Waals surface area contributed by atoms with Gasteiger partial charge in [0.1, 0.15) is 0 Å². The van der Waals surface area contributed by atoms with Gasteiger partial charge in [0.2, 0.25) is 5.91 Å². The fourth-order valence-corrected chi connectivity index (χ4v) is 3.24. The number of halogens is 1. The lowest BCUT2D eigenvalue weighted by molar-refractivity contribution is -0.135. The van der Waals surface area contributed by atoms with Crippen LogP contribution in [0.5, 0.6) is 0 Å². The second-order valence-corrected chi connectivity index (χ2v) is 6.20. The van der Waals surface area contributed by atoms with Gasteiger partial charge in [-0.25, -0.2) is 0 Å². The van der Waals surface area contributed by atoms with Gasteiger partial charge in [0, 0.05) is 25.0 Å². The van der Waals surface area contributed by atoms with E-state index in [-0.39, 0.29) is 24.4 Å². The Kier molecular flexibility index (Phi) is 5.93. The van der Waals surface area contributed by atoms with Gasteiger partial charge in [-0.15, -0.1) is 12.4 Å². The van der Waals surface area contributed by atoms with Crippen molar-refractivity contribution in [2.45, 2.75) is 52.0 Å². The molecule has 3 atom stereocenters. The van der Waals surface area contributed by atoms with E-state index in [2.05, 4.69) is 18.7 Å². The molecule has 1 saturated carbocycles. The Bertz CT molecular complexity index is 283. The van der Waals surface area contributed by atoms with Crippen LogP contribution >= 0.6 is 12.4 Å². The Balaban J connectivity index is 0.00000162. The van der Waals surface area contributed by atoms with E-state index in [4.69, 9.17) is 5.73 Å². The third-order valence-electron chi connectivity index (χ3n) is 4.54. The number of hydrogen-bond donors (Lipinski definition) is 1. The lowest BCUT2D eigenvalue weighted by Gasteiger charge is -2.29. The van der Waals surface area contributed by atoms with Gasteiger partial charge in [0.25, 0.3) is 0 Å². The normalized spacial score (nSPS) is 32.4. The van der Waals surface area contributed by atoms with Gasteiger partial charge in [0.05, 0.1) is 0 Å². The Morgan fingerprint density at radius 2 is 2.00 bits per heavy atom. The van der Waals surface area contributed by atoms with Gasteiger partial charge in [0.15, 0.2) is 0 Å². The zero-order valence-corrected chi connectivity index (χ0v) is 12.4. The predicted molar refractivity (Wildman–Crippen MR) is 76.7 cm³/mol. The summed E-state index contributed by atoms with van der Waals surface area (Å²) in [6.07, 6.45) is 5.36. The first-order chi connectivity index (χ1) is 8.08. The fraction of sp³-hybridized carbons (Fsp3) is 0.929. The molecule has 0 bridgehead atoms. The molecule has 3 unspecified atom stereocenters. The van der Waals surface area contributed by atoms with Crippen molar-refractivity contribution in [2.75, 3.05) is 13.1 Å². The molecule has 0 aromatic carbocycles. The van der Waals surface area contributed by atoms with Crippen LogP contribution in [0.25, 0.3) is 0 Å². The number of amides is 1. The highest BCUT2D eigenvalue weighted by Gasteiger charge is 2.33. The summed E-state index contributed by atoms with van der Waals surface area (Å²) in [4.78, 5) is 14.5. The van der Waals surface area contributed by atoms with Gasteiger partial charge in [-0.2, -0.15) is 0 Å². The smallest absolute Gasteiger partial charge is 0.225 e. The average Bonchev–Trinajstić information content (AvgIpc) is 2.77. The number of carbonyl (C=O) groups excluding carboxylic acids is 1. The molecule has 18 heavy (non-hydrogen) atoms. The highest BCUT2D eigenvalue weighted by Crippen LogP contribution is 2.29. The highest BCUT2D eigenvalue weighted by atomic mass is 35.5. The molecule has 0 radical (unpaired) electrons. The number of nitrogens with zero attached hydrogens (tertiary/aromatic N) is 1. The van der Waals surface area contributed by atoms with Crippen molar-refractivity contribution in [3.8, 4) is 0 Å². The summed E-state index contributed by atoms with van der Waals surface area (Å²) in [5.74, 6) is 1.99. The third-order valence-corrected chi connectivity index (χ3v) is 4.54. The Morgan fingerprint density at radius 3 is 2.56 bits per heavy atom. The maximum atomic E-state index is 12.4. The lowest BCUT2D eigenvalue weighted by Crippen LogP contribution is -2.39. The number of carbonyl (C=O) groups is 1. The lowest BCUT2D eigenvalue weighted by atomic mass is 9.85. The number of rotatable bonds is 2. The molecule has 0 aromatic rings. The Morgan fingerprint density at radius 1 is 1.28 bits per heavy atom. The van der Waals surface area contributed by atoms with Crippen molar-refractivity contribution in [1.29, 1.82) is 0 Å². The monoisotopic (exact) mass is 274 g/mol. The minimum absolute atomic E-state index is 0. The van der Waals surface area contributed by atoms with Crippen LogP contribution in [-0.4, -0.2) is 29.9 Å². The highest BCUT2D eigenvalue weighted by molar-refractivity contribution is 5.85. The summed E-state index contributed by atoms with van der Waals surface area (Å²) in [5.41, 5.74) is 5.97. The van der Waals surface area contributed by atoms with Crippen LogP contribution < -0.4 is 5.73 Å². The van der Waals surface area contributed by atoms with Crippen molar-refractivity contribution in [1.82, 2.24) is 4.90 Å². The Labute approximate surface area is 117 Å². The van der Waals surface area contributed by atoms with E-state index in [0.29, 0.717) is 17.7 Å². The average molecular weight is 275 g/mol. The molecular weight excluding hydrogens is 248 g/mol. The molecule has 1 heterocycles. The zero-order valence-electron chi connectivity index (χ0n) is 11.6. The molecule has 1 saturated heterocycles. The van der Waals surface area contributed by atoms with Gasteiger partial charge < -0.3 is 10.6 Å². The van der Waals surface area contributed by atoms with Crippen molar-refractivity contribution < 1.29 is 4.79 Å². The van der Waals surface area contributed by atoms with Crippen molar-refractivity contribution >= 4 is 18.3 Å².